The van der Waals surface area contributed by atoms with Crippen molar-refractivity contribution in [3.63, 3.8) is 0 Å². The van der Waals surface area contributed by atoms with Crippen molar-refractivity contribution in [1.29, 1.82) is 5.26 Å². The van der Waals surface area contributed by atoms with Crippen molar-refractivity contribution in [2.24, 2.45) is 0 Å². The van der Waals surface area contributed by atoms with Gasteiger partial charge >= 0.3 is 0 Å². The fourth-order valence-electron chi connectivity index (χ4n) is 1.79. The van der Waals surface area contributed by atoms with E-state index in [0.29, 0.717) is 0 Å². The Labute approximate surface area is 102 Å². The molecule has 0 aromatic heterocycles. The summed E-state index contributed by atoms with van der Waals surface area (Å²) in [6.45, 7) is 2.10. The molecule has 2 aromatic carbocycles. The maximum absolute atomic E-state index is 8.71. The molecule has 0 aliphatic heterocycles. The zero-order valence-corrected chi connectivity index (χ0v) is 9.98. The molecule has 0 atom stereocenters. The molecule has 0 N–H and O–H groups in total. The molecule has 0 aliphatic rings. The number of rotatable bonds is 3. The second-order valence-electron chi connectivity index (χ2n) is 4.29. The van der Waals surface area contributed by atoms with Gasteiger partial charge in [-0.2, -0.15) is 5.26 Å². The molecule has 0 spiro atoms. The largest absolute Gasteiger partial charge is 0.192 e. The highest BCUT2D eigenvalue weighted by atomic mass is 14.2. The zero-order chi connectivity index (χ0) is 12.1. The van der Waals surface area contributed by atoms with Gasteiger partial charge in [0.05, 0.1) is 11.6 Å². The Balaban J connectivity index is 1.98. The third kappa shape index (κ3) is 3.19. The van der Waals surface area contributed by atoms with Crippen LogP contribution in [0.25, 0.3) is 0 Å². The first kappa shape index (κ1) is 11.4. The Bertz CT molecular complexity index is 515. The van der Waals surface area contributed by atoms with Crippen LogP contribution in [0.5, 0.6) is 0 Å². The summed E-state index contributed by atoms with van der Waals surface area (Å²) in [5.74, 6) is 0. The standard InChI is InChI=1S/C16H15N/c1-13-2-4-14(5-3-13)6-7-15-8-10-16(12-17)11-9-15/h2-5,8-11H,6-7H2,1H3. The second kappa shape index (κ2) is 5.32. The lowest BCUT2D eigenvalue weighted by Gasteiger charge is -2.03. The fourth-order valence-corrected chi connectivity index (χ4v) is 1.79. The molecular weight excluding hydrogens is 206 g/mol. The van der Waals surface area contributed by atoms with E-state index in [4.69, 9.17) is 5.26 Å². The van der Waals surface area contributed by atoms with Crippen molar-refractivity contribution < 1.29 is 0 Å². The molecule has 0 fully saturated rings. The first-order valence-corrected chi connectivity index (χ1v) is 5.82. The summed E-state index contributed by atoms with van der Waals surface area (Å²) in [6.07, 6.45) is 2.07. The normalized spacial score (nSPS) is 9.88. The van der Waals surface area contributed by atoms with Gasteiger partial charge in [0.2, 0.25) is 0 Å². The molecule has 84 valence electrons. The van der Waals surface area contributed by atoms with Crippen molar-refractivity contribution >= 4 is 0 Å². The quantitative estimate of drug-likeness (QED) is 0.776. The number of hydrogen-bond acceptors (Lipinski definition) is 1. The molecule has 2 aromatic rings. The minimum Gasteiger partial charge on any atom is -0.192 e. The molecule has 0 bridgehead atoms. The maximum atomic E-state index is 8.71. The van der Waals surface area contributed by atoms with E-state index >= 15 is 0 Å². The molecule has 1 nitrogen and oxygen atoms in total. The van der Waals surface area contributed by atoms with E-state index in [1.54, 1.807) is 0 Å². The van der Waals surface area contributed by atoms with Crippen LogP contribution in [0, 0.1) is 18.3 Å². The summed E-state index contributed by atoms with van der Waals surface area (Å²) in [4.78, 5) is 0. The van der Waals surface area contributed by atoms with E-state index in [1.807, 2.05) is 24.3 Å². The summed E-state index contributed by atoms with van der Waals surface area (Å²) in [5, 5.41) is 8.71. The summed E-state index contributed by atoms with van der Waals surface area (Å²) in [6, 6.07) is 18.6. The molecule has 17 heavy (non-hydrogen) atoms. The Morgan fingerprint density at radius 1 is 0.824 bits per heavy atom. The van der Waals surface area contributed by atoms with E-state index in [0.717, 1.165) is 18.4 Å². The van der Waals surface area contributed by atoms with Crippen LogP contribution in [-0.2, 0) is 12.8 Å². The van der Waals surface area contributed by atoms with Crippen molar-refractivity contribution in [1.82, 2.24) is 0 Å². The van der Waals surface area contributed by atoms with Gasteiger partial charge in [-0.1, -0.05) is 42.0 Å². The van der Waals surface area contributed by atoms with Crippen molar-refractivity contribution in [3.8, 4) is 6.07 Å². The topological polar surface area (TPSA) is 23.8 Å². The van der Waals surface area contributed by atoms with E-state index in [-0.39, 0.29) is 0 Å². The van der Waals surface area contributed by atoms with Gasteiger partial charge in [0.25, 0.3) is 0 Å². The van der Waals surface area contributed by atoms with Gasteiger partial charge in [0.1, 0.15) is 0 Å². The van der Waals surface area contributed by atoms with Crippen LogP contribution in [0.1, 0.15) is 22.3 Å². The van der Waals surface area contributed by atoms with E-state index in [2.05, 4.69) is 37.3 Å². The lowest BCUT2D eigenvalue weighted by atomic mass is 10.0. The van der Waals surface area contributed by atoms with Gasteiger partial charge in [-0.25, -0.2) is 0 Å². The van der Waals surface area contributed by atoms with Crippen LogP contribution in [0.3, 0.4) is 0 Å². The van der Waals surface area contributed by atoms with Crippen molar-refractivity contribution in [2.75, 3.05) is 0 Å². The first-order chi connectivity index (χ1) is 8.28. The second-order valence-corrected chi connectivity index (χ2v) is 4.29. The number of benzene rings is 2. The van der Waals surface area contributed by atoms with Crippen molar-refractivity contribution in [3.05, 3.63) is 70.8 Å². The number of nitriles is 1. The van der Waals surface area contributed by atoms with E-state index < -0.39 is 0 Å². The minimum absolute atomic E-state index is 0.726. The highest BCUT2D eigenvalue weighted by molar-refractivity contribution is 5.32. The molecule has 0 saturated heterocycles. The Kier molecular flexibility index (Phi) is 3.57. The average Bonchev–Trinajstić information content (AvgIpc) is 2.39. The molecule has 0 heterocycles. The lowest BCUT2D eigenvalue weighted by molar-refractivity contribution is 0.959. The fraction of sp³-hybridized carbons (Fsp3) is 0.188. The van der Waals surface area contributed by atoms with Crippen LogP contribution in [-0.4, -0.2) is 0 Å². The highest BCUT2D eigenvalue weighted by Crippen LogP contribution is 2.09. The number of nitrogens with zero attached hydrogens (tertiary/aromatic N) is 1. The van der Waals surface area contributed by atoms with E-state index in [9.17, 15) is 0 Å². The van der Waals surface area contributed by atoms with Gasteiger partial charge < -0.3 is 0 Å². The average molecular weight is 221 g/mol. The summed E-state index contributed by atoms with van der Waals surface area (Å²) in [7, 11) is 0. The van der Waals surface area contributed by atoms with Gasteiger partial charge in [0.15, 0.2) is 0 Å². The molecule has 1 heteroatoms. The number of hydrogen-bond donors (Lipinski definition) is 0. The molecule has 0 unspecified atom stereocenters. The van der Waals surface area contributed by atoms with Gasteiger partial charge in [-0.3, -0.25) is 0 Å². The smallest absolute Gasteiger partial charge is 0.0991 e. The molecule has 0 amide bonds. The Morgan fingerprint density at radius 3 is 1.76 bits per heavy atom. The van der Waals surface area contributed by atoms with Crippen molar-refractivity contribution in [2.45, 2.75) is 19.8 Å². The third-order valence-corrected chi connectivity index (χ3v) is 2.91. The maximum Gasteiger partial charge on any atom is 0.0991 e. The van der Waals surface area contributed by atoms with Crippen LogP contribution >= 0.6 is 0 Å². The summed E-state index contributed by atoms with van der Waals surface area (Å²) in [5.41, 5.74) is 4.67. The molecule has 0 aliphatic carbocycles. The lowest BCUT2D eigenvalue weighted by Crippen LogP contribution is -1.91. The van der Waals surface area contributed by atoms with Gasteiger partial charge in [-0.15, -0.1) is 0 Å². The van der Waals surface area contributed by atoms with Crippen LogP contribution in [0.4, 0.5) is 0 Å². The summed E-state index contributed by atoms with van der Waals surface area (Å²) < 4.78 is 0. The molecule has 2 rings (SSSR count). The van der Waals surface area contributed by atoms with Crippen LogP contribution in [0.15, 0.2) is 48.5 Å². The van der Waals surface area contributed by atoms with Crippen LogP contribution < -0.4 is 0 Å². The predicted octanol–water partition coefficient (Wildman–Crippen LogP) is 3.65. The molecule has 0 radical (unpaired) electrons. The van der Waals surface area contributed by atoms with E-state index in [1.165, 1.54) is 16.7 Å². The minimum atomic E-state index is 0.726. The monoisotopic (exact) mass is 221 g/mol. The number of aryl methyl sites for hydroxylation is 3. The SMILES string of the molecule is Cc1ccc(CCc2ccc(C#N)cc2)cc1. The highest BCUT2D eigenvalue weighted by Gasteiger charge is 1.96. The zero-order valence-electron chi connectivity index (χ0n) is 9.98. The Hall–Kier alpha value is -2.07. The first-order valence-electron chi connectivity index (χ1n) is 5.82. The predicted molar refractivity (Wildman–Crippen MR) is 69.7 cm³/mol. The Morgan fingerprint density at radius 2 is 1.29 bits per heavy atom. The van der Waals surface area contributed by atoms with Crippen LogP contribution in [0.2, 0.25) is 0 Å². The van der Waals surface area contributed by atoms with Gasteiger partial charge in [-0.05, 0) is 43.0 Å². The third-order valence-electron chi connectivity index (χ3n) is 2.91. The summed E-state index contributed by atoms with van der Waals surface area (Å²) >= 11 is 0. The molecular formula is C16H15N. The van der Waals surface area contributed by atoms with Gasteiger partial charge in [0, 0.05) is 0 Å². The molecule has 0 saturated carbocycles.